The van der Waals surface area contributed by atoms with E-state index in [1.54, 1.807) is 12.1 Å². The number of carbonyl (C=O) groups excluding carboxylic acids is 3. The van der Waals surface area contributed by atoms with E-state index in [0.29, 0.717) is 5.06 Å². The molecule has 9 heteroatoms. The minimum atomic E-state index is -1.03. The molecule has 0 spiro atoms. The molecule has 0 unspecified atom stereocenters. The van der Waals surface area contributed by atoms with Crippen LogP contribution in [-0.4, -0.2) is 43.1 Å². The van der Waals surface area contributed by atoms with E-state index >= 15 is 0 Å². The third kappa shape index (κ3) is 1.72. The highest BCUT2D eigenvalue weighted by Gasteiger charge is 2.39. The molecule has 100 valence electrons. The van der Waals surface area contributed by atoms with Crippen LogP contribution in [0.2, 0.25) is 0 Å². The average molecular weight is 273 g/mol. The first kappa shape index (κ1) is 12.0. The lowest BCUT2D eigenvalue weighted by molar-refractivity contribution is -0.0593. The van der Waals surface area contributed by atoms with Crippen LogP contribution in [0.5, 0.6) is 0 Å². The third-order valence-corrected chi connectivity index (χ3v) is 2.62. The number of hydrogen-bond acceptors (Lipinski definition) is 7. The predicted octanol–water partition coefficient (Wildman–Crippen LogP) is -0.422. The Bertz CT molecular complexity index is 703. The minimum Gasteiger partial charge on any atom is -0.321 e. The average Bonchev–Trinajstić information content (AvgIpc) is 2.98. The molecule has 0 atom stereocenters. The molecule has 1 aliphatic rings. The van der Waals surface area contributed by atoms with Gasteiger partial charge in [-0.3, -0.25) is 9.59 Å². The van der Waals surface area contributed by atoms with Crippen molar-refractivity contribution >= 4 is 17.8 Å². The van der Waals surface area contributed by atoms with Gasteiger partial charge in [-0.2, -0.15) is 4.80 Å². The van der Waals surface area contributed by atoms with Gasteiger partial charge in [0.15, 0.2) is 0 Å². The highest BCUT2D eigenvalue weighted by Crippen LogP contribution is 2.22. The molecule has 0 fully saturated rings. The molecule has 0 aliphatic carbocycles. The van der Waals surface area contributed by atoms with Gasteiger partial charge in [-0.05, 0) is 17.3 Å². The summed E-state index contributed by atoms with van der Waals surface area (Å²) < 4.78 is 0. The molecule has 0 saturated heterocycles. The highest BCUT2D eigenvalue weighted by molar-refractivity contribution is 6.21. The molecule has 0 N–H and O–H groups in total. The fourth-order valence-corrected chi connectivity index (χ4v) is 1.74. The predicted molar refractivity (Wildman–Crippen MR) is 61.2 cm³/mol. The summed E-state index contributed by atoms with van der Waals surface area (Å²) in [6.07, 6.45) is 0. The van der Waals surface area contributed by atoms with Crippen molar-refractivity contribution in [3.05, 3.63) is 41.2 Å². The van der Waals surface area contributed by atoms with Crippen molar-refractivity contribution in [3.8, 4) is 0 Å². The van der Waals surface area contributed by atoms with Crippen molar-refractivity contribution in [1.29, 1.82) is 0 Å². The second kappa shape index (κ2) is 4.23. The standard InChI is InChI=1S/C11H7N5O4/c1-15-13-8(12-14-15)11(19)20-16-9(17)6-4-2-3-5-7(6)10(16)18/h2-5H,1H3. The number of nitrogens with zero attached hydrogens (tertiary/aromatic N) is 5. The normalized spacial score (nSPS) is 13.6. The van der Waals surface area contributed by atoms with Crippen LogP contribution in [0.4, 0.5) is 0 Å². The summed E-state index contributed by atoms with van der Waals surface area (Å²) in [5.74, 6) is -2.79. The molecule has 9 nitrogen and oxygen atoms in total. The van der Waals surface area contributed by atoms with Crippen LogP contribution >= 0.6 is 0 Å². The van der Waals surface area contributed by atoms with Gasteiger partial charge in [-0.1, -0.05) is 17.2 Å². The number of tetrazole rings is 1. The Balaban J connectivity index is 1.85. The lowest BCUT2D eigenvalue weighted by atomic mass is 10.1. The Morgan fingerprint density at radius 1 is 1.15 bits per heavy atom. The van der Waals surface area contributed by atoms with Crippen LogP contribution in [0.1, 0.15) is 31.3 Å². The number of rotatable bonds is 2. The summed E-state index contributed by atoms with van der Waals surface area (Å²) in [5, 5.41) is 10.9. The number of carbonyl (C=O) groups is 3. The zero-order valence-corrected chi connectivity index (χ0v) is 10.2. The summed E-state index contributed by atoms with van der Waals surface area (Å²) in [6, 6.07) is 6.17. The van der Waals surface area contributed by atoms with Gasteiger partial charge >= 0.3 is 5.97 Å². The molecular formula is C11H7N5O4. The van der Waals surface area contributed by atoms with E-state index in [-0.39, 0.29) is 17.0 Å². The Morgan fingerprint density at radius 3 is 2.25 bits per heavy atom. The van der Waals surface area contributed by atoms with Crippen molar-refractivity contribution < 1.29 is 19.2 Å². The Morgan fingerprint density at radius 2 is 1.75 bits per heavy atom. The van der Waals surface area contributed by atoms with E-state index in [4.69, 9.17) is 4.84 Å². The number of imide groups is 1. The van der Waals surface area contributed by atoms with Gasteiger partial charge in [0, 0.05) is 0 Å². The largest absolute Gasteiger partial charge is 0.404 e. The maximum atomic E-state index is 11.9. The van der Waals surface area contributed by atoms with E-state index in [1.165, 1.54) is 19.2 Å². The van der Waals surface area contributed by atoms with Crippen LogP contribution < -0.4 is 0 Å². The summed E-state index contributed by atoms with van der Waals surface area (Å²) >= 11 is 0. The number of benzene rings is 1. The van der Waals surface area contributed by atoms with Gasteiger partial charge in [0.1, 0.15) is 0 Å². The van der Waals surface area contributed by atoms with Crippen LogP contribution in [0.25, 0.3) is 0 Å². The van der Waals surface area contributed by atoms with Gasteiger partial charge in [0.25, 0.3) is 17.6 Å². The zero-order valence-electron chi connectivity index (χ0n) is 10.2. The second-order valence-electron chi connectivity index (χ2n) is 3.93. The topological polar surface area (TPSA) is 107 Å². The maximum Gasteiger partial charge on any atom is 0.404 e. The summed E-state index contributed by atoms with van der Waals surface area (Å²) in [5.41, 5.74) is 0.356. The molecule has 0 radical (unpaired) electrons. The molecular weight excluding hydrogens is 266 g/mol. The number of fused-ring (bicyclic) bond motifs is 1. The Hall–Kier alpha value is -3.10. The first-order chi connectivity index (χ1) is 9.58. The lowest BCUT2D eigenvalue weighted by Gasteiger charge is -2.10. The van der Waals surface area contributed by atoms with Gasteiger partial charge in [0.2, 0.25) is 0 Å². The SMILES string of the molecule is Cn1nnc(C(=O)ON2C(=O)c3ccccc3C2=O)n1. The van der Waals surface area contributed by atoms with Crippen molar-refractivity contribution in [2.45, 2.75) is 0 Å². The first-order valence-electron chi connectivity index (χ1n) is 5.52. The van der Waals surface area contributed by atoms with Gasteiger partial charge < -0.3 is 4.84 Å². The van der Waals surface area contributed by atoms with Crippen molar-refractivity contribution in [2.75, 3.05) is 0 Å². The highest BCUT2D eigenvalue weighted by atomic mass is 16.7. The maximum absolute atomic E-state index is 11.9. The van der Waals surface area contributed by atoms with Gasteiger partial charge in [0.05, 0.1) is 18.2 Å². The third-order valence-electron chi connectivity index (χ3n) is 2.62. The number of hydrogen-bond donors (Lipinski definition) is 0. The summed E-state index contributed by atoms with van der Waals surface area (Å²) in [7, 11) is 1.46. The van der Waals surface area contributed by atoms with E-state index in [9.17, 15) is 14.4 Å². The van der Waals surface area contributed by atoms with Crippen LogP contribution in [0, 0.1) is 0 Å². The molecule has 1 aliphatic heterocycles. The Kier molecular flexibility index (Phi) is 2.53. The fourth-order valence-electron chi connectivity index (χ4n) is 1.74. The fraction of sp³-hybridized carbons (Fsp3) is 0.0909. The first-order valence-corrected chi connectivity index (χ1v) is 5.52. The second-order valence-corrected chi connectivity index (χ2v) is 3.93. The zero-order chi connectivity index (χ0) is 14.3. The molecule has 2 amide bonds. The van der Waals surface area contributed by atoms with E-state index in [0.717, 1.165) is 4.80 Å². The van der Waals surface area contributed by atoms with Crippen molar-refractivity contribution in [2.24, 2.45) is 7.05 Å². The number of aromatic nitrogens is 4. The lowest BCUT2D eigenvalue weighted by Crippen LogP contribution is -2.33. The van der Waals surface area contributed by atoms with Crippen molar-refractivity contribution in [1.82, 2.24) is 25.3 Å². The van der Waals surface area contributed by atoms with Crippen LogP contribution in [0.3, 0.4) is 0 Å². The molecule has 1 aromatic heterocycles. The van der Waals surface area contributed by atoms with Crippen molar-refractivity contribution in [3.63, 3.8) is 0 Å². The van der Waals surface area contributed by atoms with E-state index in [2.05, 4.69) is 15.4 Å². The molecule has 3 rings (SSSR count). The summed E-state index contributed by atoms with van der Waals surface area (Å²) in [6.45, 7) is 0. The molecule has 1 aromatic carbocycles. The molecule has 2 aromatic rings. The smallest absolute Gasteiger partial charge is 0.321 e. The number of amides is 2. The molecule has 0 bridgehead atoms. The quantitative estimate of drug-likeness (QED) is 0.683. The van der Waals surface area contributed by atoms with Crippen LogP contribution in [0.15, 0.2) is 24.3 Å². The monoisotopic (exact) mass is 273 g/mol. The Labute approximate surface area is 111 Å². The van der Waals surface area contributed by atoms with E-state index in [1.807, 2.05) is 0 Å². The van der Waals surface area contributed by atoms with Gasteiger partial charge in [-0.15, -0.1) is 10.2 Å². The molecule has 20 heavy (non-hydrogen) atoms. The molecule has 0 saturated carbocycles. The number of aryl methyl sites for hydroxylation is 1. The molecule has 2 heterocycles. The number of hydroxylamine groups is 2. The van der Waals surface area contributed by atoms with Crippen LogP contribution in [-0.2, 0) is 11.9 Å². The van der Waals surface area contributed by atoms with Gasteiger partial charge in [-0.25, -0.2) is 4.79 Å². The van der Waals surface area contributed by atoms with E-state index < -0.39 is 17.8 Å². The minimum absolute atomic E-state index is 0.178. The summed E-state index contributed by atoms with van der Waals surface area (Å²) in [4.78, 5) is 41.4.